The highest BCUT2D eigenvalue weighted by Gasteiger charge is 2.24. The molecule has 3 aromatic rings. The molecule has 0 amide bonds. The molecule has 0 spiro atoms. The van der Waals surface area contributed by atoms with E-state index in [1.165, 1.54) is 41.4 Å². The van der Waals surface area contributed by atoms with E-state index in [1.54, 1.807) is 0 Å². The van der Waals surface area contributed by atoms with Gasteiger partial charge in [-0.25, -0.2) is 0 Å². The maximum absolute atomic E-state index is 5.48. The number of nitrogens with zero attached hydrogens (tertiary/aromatic N) is 2. The number of aromatic amines is 1. The number of nitrogens with one attached hydrogen (secondary N) is 1. The second-order valence-electron chi connectivity index (χ2n) is 6.57. The quantitative estimate of drug-likeness (QED) is 0.785. The summed E-state index contributed by atoms with van der Waals surface area (Å²) in [5.41, 5.74) is 5.05. The van der Waals surface area contributed by atoms with Crippen molar-refractivity contribution in [3.05, 3.63) is 35.3 Å². The number of fused-ring (bicyclic) bond motifs is 3. The normalized spacial score (nSPS) is 21.0. The van der Waals surface area contributed by atoms with Crippen molar-refractivity contribution in [1.29, 1.82) is 0 Å². The number of benzene rings is 1. The summed E-state index contributed by atoms with van der Waals surface area (Å²) < 4.78 is 10.9. The van der Waals surface area contributed by atoms with Gasteiger partial charge < -0.3 is 14.2 Å². The SMILES string of the molecule is c1cc2c3c([nH]c2cc1-c1nc([C@H]2CCOC2)no1)CCCC3. The Morgan fingerprint density at radius 1 is 1.17 bits per heavy atom. The summed E-state index contributed by atoms with van der Waals surface area (Å²) in [4.78, 5) is 8.16. The largest absolute Gasteiger partial charge is 0.381 e. The Hall–Kier alpha value is -2.14. The van der Waals surface area contributed by atoms with Crippen molar-refractivity contribution in [2.75, 3.05) is 13.2 Å². The molecule has 2 aromatic heterocycles. The molecule has 1 aromatic carbocycles. The van der Waals surface area contributed by atoms with E-state index < -0.39 is 0 Å². The van der Waals surface area contributed by atoms with E-state index in [1.807, 2.05) is 0 Å². The number of aryl methyl sites for hydroxylation is 2. The highest BCUT2D eigenvalue weighted by Crippen LogP contribution is 2.32. The van der Waals surface area contributed by atoms with Gasteiger partial charge in [-0.05, 0) is 49.8 Å². The molecular formula is C18H19N3O2. The minimum Gasteiger partial charge on any atom is -0.381 e. The molecule has 1 N–H and O–H groups in total. The molecular weight excluding hydrogens is 290 g/mol. The molecule has 2 aliphatic rings. The molecule has 1 aliphatic carbocycles. The number of aromatic nitrogens is 3. The average molecular weight is 309 g/mol. The lowest BCUT2D eigenvalue weighted by molar-refractivity contribution is 0.192. The lowest BCUT2D eigenvalue weighted by Gasteiger charge is -2.10. The van der Waals surface area contributed by atoms with Crippen molar-refractivity contribution in [1.82, 2.24) is 15.1 Å². The van der Waals surface area contributed by atoms with Crippen LogP contribution in [0.5, 0.6) is 0 Å². The number of H-pyrrole nitrogens is 1. The highest BCUT2D eigenvalue weighted by atomic mass is 16.5. The second-order valence-corrected chi connectivity index (χ2v) is 6.57. The molecule has 5 rings (SSSR count). The zero-order chi connectivity index (χ0) is 15.2. The van der Waals surface area contributed by atoms with E-state index >= 15 is 0 Å². The predicted molar refractivity (Wildman–Crippen MR) is 86.4 cm³/mol. The molecule has 1 atom stereocenters. The van der Waals surface area contributed by atoms with Gasteiger partial charge in [0.25, 0.3) is 5.89 Å². The molecule has 5 nitrogen and oxygen atoms in total. The van der Waals surface area contributed by atoms with Crippen LogP contribution in [-0.4, -0.2) is 28.3 Å². The topological polar surface area (TPSA) is 63.9 Å². The van der Waals surface area contributed by atoms with Gasteiger partial charge in [0.15, 0.2) is 5.82 Å². The molecule has 0 bridgehead atoms. The van der Waals surface area contributed by atoms with Crippen LogP contribution < -0.4 is 0 Å². The van der Waals surface area contributed by atoms with E-state index in [-0.39, 0.29) is 5.92 Å². The lowest BCUT2D eigenvalue weighted by Crippen LogP contribution is -1.99. The van der Waals surface area contributed by atoms with Crippen molar-refractivity contribution in [3.8, 4) is 11.5 Å². The van der Waals surface area contributed by atoms with Crippen molar-refractivity contribution < 1.29 is 9.26 Å². The molecule has 3 heterocycles. The maximum Gasteiger partial charge on any atom is 0.258 e. The summed E-state index contributed by atoms with van der Waals surface area (Å²) in [7, 11) is 0. The number of ether oxygens (including phenoxy) is 1. The minimum atomic E-state index is 0.272. The van der Waals surface area contributed by atoms with Crippen molar-refractivity contribution >= 4 is 10.9 Å². The molecule has 23 heavy (non-hydrogen) atoms. The zero-order valence-corrected chi connectivity index (χ0v) is 13.0. The van der Waals surface area contributed by atoms with Gasteiger partial charge in [0.2, 0.25) is 0 Å². The Balaban J connectivity index is 1.53. The number of rotatable bonds is 2. The first-order chi connectivity index (χ1) is 11.4. The van der Waals surface area contributed by atoms with E-state index in [0.717, 1.165) is 30.8 Å². The number of hydrogen-bond donors (Lipinski definition) is 1. The Labute approximate surface area is 134 Å². The standard InChI is InChI=1S/C18H19N3O2/c1-2-4-15-13(3-1)14-6-5-11(9-16(14)19-15)18-20-17(21-23-18)12-7-8-22-10-12/h5-6,9,12,19H,1-4,7-8,10H2/t12-/m0/s1. The first kappa shape index (κ1) is 13.3. The monoisotopic (exact) mass is 309 g/mol. The van der Waals surface area contributed by atoms with Crippen LogP contribution in [0.2, 0.25) is 0 Å². The third kappa shape index (κ3) is 2.18. The third-order valence-corrected chi connectivity index (χ3v) is 5.08. The molecule has 5 heteroatoms. The van der Waals surface area contributed by atoms with Crippen molar-refractivity contribution in [2.24, 2.45) is 0 Å². The average Bonchev–Trinajstić information content (AvgIpc) is 3.32. The Bertz CT molecular complexity index is 858. The molecule has 0 unspecified atom stereocenters. The van der Waals surface area contributed by atoms with Crippen LogP contribution in [0.4, 0.5) is 0 Å². The van der Waals surface area contributed by atoms with Crippen LogP contribution in [-0.2, 0) is 17.6 Å². The first-order valence-corrected chi connectivity index (χ1v) is 8.44. The Kier molecular flexibility index (Phi) is 3.01. The minimum absolute atomic E-state index is 0.272. The summed E-state index contributed by atoms with van der Waals surface area (Å²) >= 11 is 0. The summed E-state index contributed by atoms with van der Waals surface area (Å²) in [6, 6.07) is 6.41. The Morgan fingerprint density at radius 2 is 2.13 bits per heavy atom. The molecule has 0 saturated carbocycles. The van der Waals surface area contributed by atoms with Crippen LogP contribution in [0, 0.1) is 0 Å². The number of hydrogen-bond acceptors (Lipinski definition) is 4. The van der Waals surface area contributed by atoms with Crippen LogP contribution in [0.15, 0.2) is 22.7 Å². The Morgan fingerprint density at radius 3 is 3.04 bits per heavy atom. The smallest absolute Gasteiger partial charge is 0.258 e. The summed E-state index contributed by atoms with van der Waals surface area (Å²) in [6.07, 6.45) is 5.88. The first-order valence-electron chi connectivity index (χ1n) is 8.44. The zero-order valence-electron chi connectivity index (χ0n) is 13.0. The van der Waals surface area contributed by atoms with Crippen LogP contribution in [0.3, 0.4) is 0 Å². The van der Waals surface area contributed by atoms with Gasteiger partial charge in [-0.3, -0.25) is 0 Å². The van der Waals surface area contributed by atoms with Gasteiger partial charge in [0, 0.05) is 34.7 Å². The van der Waals surface area contributed by atoms with Crippen LogP contribution in [0.25, 0.3) is 22.4 Å². The highest BCUT2D eigenvalue weighted by molar-refractivity contribution is 5.88. The fourth-order valence-corrected chi connectivity index (χ4v) is 3.80. The molecule has 118 valence electrons. The predicted octanol–water partition coefficient (Wildman–Crippen LogP) is 3.60. The van der Waals surface area contributed by atoms with Gasteiger partial charge >= 0.3 is 0 Å². The molecule has 0 radical (unpaired) electrons. The van der Waals surface area contributed by atoms with Gasteiger partial charge in [0.05, 0.1) is 6.61 Å². The van der Waals surface area contributed by atoms with E-state index in [2.05, 4.69) is 33.3 Å². The fourth-order valence-electron chi connectivity index (χ4n) is 3.80. The summed E-state index contributed by atoms with van der Waals surface area (Å²) in [5.74, 6) is 1.64. The van der Waals surface area contributed by atoms with Gasteiger partial charge in [0.1, 0.15) is 0 Å². The third-order valence-electron chi connectivity index (χ3n) is 5.08. The lowest BCUT2D eigenvalue weighted by atomic mass is 9.95. The van der Waals surface area contributed by atoms with Crippen molar-refractivity contribution in [2.45, 2.75) is 38.0 Å². The second kappa shape index (κ2) is 5.20. The molecule has 1 aliphatic heterocycles. The summed E-state index contributed by atoms with van der Waals surface area (Å²) in [5, 5.41) is 5.48. The molecule has 1 fully saturated rings. The fraction of sp³-hybridized carbons (Fsp3) is 0.444. The van der Waals surface area contributed by atoms with Gasteiger partial charge in [-0.2, -0.15) is 4.98 Å². The van der Waals surface area contributed by atoms with Gasteiger partial charge in [-0.15, -0.1) is 0 Å². The van der Waals surface area contributed by atoms with E-state index in [4.69, 9.17) is 9.26 Å². The van der Waals surface area contributed by atoms with Gasteiger partial charge in [-0.1, -0.05) is 11.2 Å². The van der Waals surface area contributed by atoms with E-state index in [9.17, 15) is 0 Å². The summed E-state index contributed by atoms with van der Waals surface area (Å²) in [6.45, 7) is 1.48. The maximum atomic E-state index is 5.48. The van der Waals surface area contributed by atoms with Crippen LogP contribution >= 0.6 is 0 Å². The van der Waals surface area contributed by atoms with Crippen molar-refractivity contribution in [3.63, 3.8) is 0 Å². The molecule has 1 saturated heterocycles. The van der Waals surface area contributed by atoms with Crippen LogP contribution in [0.1, 0.15) is 42.3 Å². The van der Waals surface area contributed by atoms with E-state index in [0.29, 0.717) is 12.5 Å².